The van der Waals surface area contributed by atoms with Gasteiger partial charge in [-0.15, -0.1) is 4.79 Å². The normalized spacial score (nSPS) is 10.8. The van der Waals surface area contributed by atoms with Crippen molar-refractivity contribution < 1.29 is 18.0 Å². The third-order valence-electron chi connectivity index (χ3n) is 3.36. The Hall–Kier alpha value is -2.56. The first-order valence-corrected chi connectivity index (χ1v) is 8.00. The Bertz CT molecular complexity index is 881. The van der Waals surface area contributed by atoms with Gasteiger partial charge in [0.05, 0.1) is 4.90 Å². The van der Waals surface area contributed by atoms with Crippen molar-refractivity contribution in [2.75, 3.05) is 0 Å². The van der Waals surface area contributed by atoms with E-state index in [1.807, 2.05) is 6.92 Å². The van der Waals surface area contributed by atoms with Crippen molar-refractivity contribution in [1.29, 1.82) is 0 Å². The van der Waals surface area contributed by atoms with Crippen LogP contribution in [-0.2, 0) is 9.84 Å². The number of carbonyl (C=O) groups is 1. The Morgan fingerprint density at radius 1 is 1.00 bits per heavy atom. The summed E-state index contributed by atoms with van der Waals surface area (Å²) in [6, 6.07) is 12.3. The molecule has 6 heteroatoms. The highest BCUT2D eigenvalue weighted by atomic mass is 32.2. The van der Waals surface area contributed by atoms with E-state index >= 15 is 0 Å². The smallest absolute Gasteiger partial charge is 0.360 e. The molecule has 0 fully saturated rings. The molecular weight excluding hydrogens is 300 g/mol. The lowest BCUT2D eigenvalue weighted by Gasteiger charge is -2.04. The van der Waals surface area contributed by atoms with Crippen LogP contribution in [0.25, 0.3) is 5.53 Å². The van der Waals surface area contributed by atoms with Crippen molar-refractivity contribution in [2.24, 2.45) is 0 Å². The van der Waals surface area contributed by atoms with E-state index in [1.165, 1.54) is 24.3 Å². The number of Topliss-reactive ketones (excluding diaryl/α,β-unsaturated/α-hetero) is 1. The number of ketones is 1. The lowest BCUT2D eigenvalue weighted by atomic mass is 10.1. The van der Waals surface area contributed by atoms with E-state index in [4.69, 9.17) is 5.53 Å². The molecule has 2 rings (SSSR count). The molecule has 5 nitrogen and oxygen atoms in total. The number of hydrogen-bond acceptors (Lipinski definition) is 3. The molecule has 0 spiro atoms. The fraction of sp³-hybridized carbons (Fsp3) is 0.125. The fourth-order valence-corrected chi connectivity index (χ4v) is 3.20. The van der Waals surface area contributed by atoms with Crippen molar-refractivity contribution in [3.63, 3.8) is 0 Å². The van der Waals surface area contributed by atoms with Crippen LogP contribution in [0.15, 0.2) is 53.4 Å². The highest BCUT2D eigenvalue weighted by Crippen LogP contribution is 2.18. The summed E-state index contributed by atoms with van der Waals surface area (Å²) in [5.41, 5.74) is 10.9. The highest BCUT2D eigenvalue weighted by Gasteiger charge is 2.38. The van der Waals surface area contributed by atoms with Crippen LogP contribution in [-0.4, -0.2) is 24.0 Å². The third kappa shape index (κ3) is 2.88. The molecule has 0 aromatic heterocycles. The largest absolute Gasteiger partial charge is 0.456 e. The van der Waals surface area contributed by atoms with E-state index in [9.17, 15) is 13.2 Å². The molecule has 2 aromatic rings. The predicted octanol–water partition coefficient (Wildman–Crippen LogP) is 2.59. The number of rotatable bonds is 3. The standard InChI is InChI=1S/C16H14N2O3S/c1-11-8-9-14(10-12(11)2)22(20,21)16(18-17)15(19)13-6-4-3-5-7-13/h3-10H,1-2H3. The Morgan fingerprint density at radius 2 is 1.64 bits per heavy atom. The van der Waals surface area contributed by atoms with E-state index in [-0.39, 0.29) is 10.5 Å². The minimum absolute atomic E-state index is 0.0762. The maximum absolute atomic E-state index is 12.5. The van der Waals surface area contributed by atoms with Crippen molar-refractivity contribution in [3.05, 3.63) is 70.8 Å². The van der Waals surface area contributed by atoms with Crippen LogP contribution in [0.3, 0.4) is 0 Å². The second-order valence-corrected chi connectivity index (χ2v) is 6.71. The topological polar surface area (TPSA) is 87.6 Å². The molecule has 0 N–H and O–H groups in total. The Kier molecular flexibility index (Phi) is 4.35. The zero-order valence-electron chi connectivity index (χ0n) is 12.1. The molecule has 0 bridgehead atoms. The van der Waals surface area contributed by atoms with E-state index in [0.29, 0.717) is 0 Å². The van der Waals surface area contributed by atoms with Crippen LogP contribution in [0.1, 0.15) is 21.5 Å². The van der Waals surface area contributed by atoms with Crippen molar-refractivity contribution >= 4 is 20.7 Å². The second-order valence-electron chi connectivity index (χ2n) is 4.85. The summed E-state index contributed by atoms with van der Waals surface area (Å²) in [5, 5.41) is -0.887. The Morgan fingerprint density at radius 3 is 2.18 bits per heavy atom. The maximum atomic E-state index is 12.5. The van der Waals surface area contributed by atoms with Gasteiger partial charge in [-0.05, 0) is 37.1 Å². The number of nitrogens with zero attached hydrogens (tertiary/aromatic N) is 2. The fourth-order valence-electron chi connectivity index (χ4n) is 1.93. The average molecular weight is 314 g/mol. The maximum Gasteiger partial charge on any atom is 0.456 e. The third-order valence-corrected chi connectivity index (χ3v) is 5.01. The minimum Gasteiger partial charge on any atom is -0.360 e. The number of hydrogen-bond donors (Lipinski definition) is 0. The van der Waals surface area contributed by atoms with Gasteiger partial charge in [-0.2, -0.15) is 0 Å². The van der Waals surface area contributed by atoms with E-state index in [0.717, 1.165) is 11.1 Å². The lowest BCUT2D eigenvalue weighted by molar-refractivity contribution is -0.00158. The first-order chi connectivity index (χ1) is 10.4. The lowest BCUT2D eigenvalue weighted by Crippen LogP contribution is -2.26. The van der Waals surface area contributed by atoms with Gasteiger partial charge in [0.15, 0.2) is 0 Å². The van der Waals surface area contributed by atoms with E-state index in [1.54, 1.807) is 31.2 Å². The zero-order valence-corrected chi connectivity index (χ0v) is 13.0. The van der Waals surface area contributed by atoms with Crippen molar-refractivity contribution in [1.82, 2.24) is 0 Å². The van der Waals surface area contributed by atoms with Gasteiger partial charge >= 0.3 is 5.04 Å². The summed E-state index contributed by atoms with van der Waals surface area (Å²) >= 11 is 0. The highest BCUT2D eigenvalue weighted by molar-refractivity contribution is 8.08. The van der Waals surface area contributed by atoms with Gasteiger partial charge in [0.2, 0.25) is 0 Å². The minimum atomic E-state index is -4.19. The van der Waals surface area contributed by atoms with Crippen LogP contribution in [0.4, 0.5) is 0 Å². The summed E-state index contributed by atoms with van der Waals surface area (Å²) < 4.78 is 25.1. The molecule has 0 amide bonds. The van der Waals surface area contributed by atoms with E-state index < -0.39 is 20.7 Å². The molecule has 0 aliphatic rings. The van der Waals surface area contributed by atoms with Crippen LogP contribution in [0.2, 0.25) is 0 Å². The monoisotopic (exact) mass is 314 g/mol. The number of carbonyl (C=O) groups excluding carboxylic acids is 1. The average Bonchev–Trinajstić information content (AvgIpc) is 2.51. The Balaban J connectivity index is 2.53. The van der Waals surface area contributed by atoms with Gasteiger partial charge in [-0.25, -0.2) is 8.42 Å². The quantitative estimate of drug-likeness (QED) is 0.287. The van der Waals surface area contributed by atoms with E-state index in [2.05, 4.69) is 4.79 Å². The molecule has 22 heavy (non-hydrogen) atoms. The summed E-state index contributed by atoms with van der Waals surface area (Å²) in [6.07, 6.45) is 0. The number of sulfone groups is 1. The Labute approximate surface area is 128 Å². The van der Waals surface area contributed by atoms with Crippen molar-refractivity contribution in [2.45, 2.75) is 18.7 Å². The zero-order chi connectivity index (χ0) is 16.3. The summed E-state index contributed by atoms with van der Waals surface area (Å²) in [6.45, 7) is 3.62. The van der Waals surface area contributed by atoms with Crippen LogP contribution >= 0.6 is 0 Å². The summed E-state index contributed by atoms with van der Waals surface area (Å²) in [5.74, 6) is -0.846. The van der Waals surface area contributed by atoms with Gasteiger partial charge in [0, 0.05) is 5.56 Å². The van der Waals surface area contributed by atoms with Gasteiger partial charge in [-0.3, -0.25) is 4.79 Å². The molecular formula is C16H14N2O3S. The first-order valence-electron chi connectivity index (χ1n) is 6.52. The molecule has 2 aromatic carbocycles. The van der Waals surface area contributed by atoms with Gasteiger partial charge in [-0.1, -0.05) is 36.4 Å². The molecule has 112 valence electrons. The SMILES string of the molecule is Cc1ccc(S(=O)(=O)C(=[N+]=[N-])C(=O)c2ccccc2)cc1C. The van der Waals surface area contributed by atoms with Gasteiger partial charge in [0.1, 0.15) is 0 Å². The number of aryl methyl sites for hydroxylation is 2. The number of benzene rings is 2. The second kappa shape index (κ2) is 6.05. The molecule has 0 heterocycles. The molecule has 0 aliphatic carbocycles. The van der Waals surface area contributed by atoms with Crippen LogP contribution in [0.5, 0.6) is 0 Å². The van der Waals surface area contributed by atoms with Crippen LogP contribution in [0, 0.1) is 13.8 Å². The molecule has 0 saturated heterocycles. The molecule has 0 unspecified atom stereocenters. The van der Waals surface area contributed by atoms with Crippen molar-refractivity contribution in [3.8, 4) is 0 Å². The molecule has 0 radical (unpaired) electrons. The molecule has 0 aliphatic heterocycles. The van der Waals surface area contributed by atoms with Gasteiger partial charge in [0.25, 0.3) is 15.6 Å². The predicted molar refractivity (Wildman–Crippen MR) is 82.5 cm³/mol. The molecule has 0 saturated carbocycles. The van der Waals surface area contributed by atoms with Gasteiger partial charge < -0.3 is 5.53 Å². The summed E-state index contributed by atoms with van der Waals surface area (Å²) in [4.78, 5) is 14.9. The molecule has 0 atom stereocenters. The summed E-state index contributed by atoms with van der Waals surface area (Å²) in [7, 11) is -4.19. The van der Waals surface area contributed by atoms with Crippen LogP contribution < -0.4 is 0 Å². The first kappa shape index (κ1) is 15.8.